The smallest absolute Gasteiger partial charge is 0.113 e. The van der Waals surface area contributed by atoms with Crippen LogP contribution >= 0.6 is 0 Å². The maximum atomic E-state index is 4.55. The quantitative estimate of drug-likeness (QED) is 0.167. The highest BCUT2D eigenvalue weighted by Gasteiger charge is 2.37. The van der Waals surface area contributed by atoms with E-state index in [2.05, 4.69) is 204 Å². The zero-order valence-corrected chi connectivity index (χ0v) is 33.9. The highest BCUT2D eigenvalue weighted by atomic mass is 15.4. The molecule has 0 unspecified atom stereocenters. The second-order valence-electron chi connectivity index (χ2n) is 16.7. The molecule has 0 amide bonds. The number of aromatic nitrogens is 6. The van der Waals surface area contributed by atoms with Gasteiger partial charge in [0.25, 0.3) is 0 Å². The summed E-state index contributed by atoms with van der Waals surface area (Å²) in [6, 6.07) is 60.1. The van der Waals surface area contributed by atoms with Crippen LogP contribution in [0.2, 0.25) is 0 Å². The van der Waals surface area contributed by atoms with E-state index in [9.17, 15) is 0 Å². The zero-order valence-electron chi connectivity index (χ0n) is 33.9. The normalized spacial score (nSPS) is 14.5. The SMILES string of the molecule is CC1(C)c2ccccc2N(c2ccc(-c3cn(-c4ccc(-n5cc(-c6ccc(N7c8ccccc8C(C)(C)c8ccccc87)cc6)nn5)cc4)nn3)cc2)c2ccccc21. The molecule has 8 nitrogen and oxygen atoms in total. The van der Waals surface area contributed by atoms with Gasteiger partial charge < -0.3 is 9.80 Å². The van der Waals surface area contributed by atoms with Gasteiger partial charge in [-0.3, -0.25) is 0 Å². The van der Waals surface area contributed by atoms with Crippen molar-refractivity contribution >= 4 is 34.1 Å². The molecule has 11 rings (SSSR count). The molecule has 0 atom stereocenters. The molecule has 4 heterocycles. The van der Waals surface area contributed by atoms with Crippen LogP contribution < -0.4 is 9.80 Å². The highest BCUT2D eigenvalue weighted by Crippen LogP contribution is 2.53. The van der Waals surface area contributed by atoms with Crippen LogP contribution in [-0.2, 0) is 10.8 Å². The summed E-state index contributed by atoms with van der Waals surface area (Å²) < 4.78 is 3.61. The molecule has 2 aromatic heterocycles. The van der Waals surface area contributed by atoms with E-state index in [1.165, 1.54) is 45.0 Å². The van der Waals surface area contributed by atoms with Gasteiger partial charge in [0.2, 0.25) is 0 Å². The van der Waals surface area contributed by atoms with Gasteiger partial charge in [0.05, 0.1) is 46.5 Å². The summed E-state index contributed by atoms with van der Waals surface area (Å²) in [4.78, 5) is 4.72. The Morgan fingerprint density at radius 1 is 0.333 bits per heavy atom. The summed E-state index contributed by atoms with van der Waals surface area (Å²) >= 11 is 0. The Balaban J connectivity index is 0.810. The van der Waals surface area contributed by atoms with Crippen molar-refractivity contribution < 1.29 is 0 Å². The maximum Gasteiger partial charge on any atom is 0.113 e. The molecule has 0 spiro atoms. The van der Waals surface area contributed by atoms with Crippen molar-refractivity contribution in [3.05, 3.63) is 205 Å². The fourth-order valence-electron chi connectivity index (χ4n) is 9.26. The fourth-order valence-corrected chi connectivity index (χ4v) is 9.26. The fraction of sp³-hybridized carbons (Fsp3) is 0.115. The molecule has 0 bridgehead atoms. The van der Waals surface area contributed by atoms with Gasteiger partial charge in [0.15, 0.2) is 0 Å². The Labute approximate surface area is 349 Å². The average molecular weight is 779 g/mol. The lowest BCUT2D eigenvalue weighted by Crippen LogP contribution is -2.30. The van der Waals surface area contributed by atoms with Crippen LogP contribution in [0.3, 0.4) is 0 Å². The lowest BCUT2D eigenvalue weighted by Gasteiger charge is -2.42. The minimum absolute atomic E-state index is 0.0971. The average Bonchev–Trinajstić information content (AvgIpc) is 3.99. The molecule has 290 valence electrons. The molecule has 7 aromatic carbocycles. The Morgan fingerprint density at radius 3 is 0.933 bits per heavy atom. The molecule has 0 fully saturated rings. The number of hydrogen-bond donors (Lipinski definition) is 0. The number of hydrogen-bond acceptors (Lipinski definition) is 6. The van der Waals surface area contributed by atoms with E-state index in [0.29, 0.717) is 0 Å². The molecule has 0 radical (unpaired) electrons. The second kappa shape index (κ2) is 13.5. The van der Waals surface area contributed by atoms with Crippen molar-refractivity contribution in [2.75, 3.05) is 9.80 Å². The number of fused-ring (bicyclic) bond motifs is 4. The van der Waals surface area contributed by atoms with Crippen molar-refractivity contribution in [2.45, 2.75) is 38.5 Å². The summed E-state index contributed by atoms with van der Waals surface area (Å²) in [5, 5.41) is 18.1. The molecular weight excluding hydrogens is 737 g/mol. The Kier molecular flexibility index (Phi) is 8.00. The predicted molar refractivity (Wildman–Crippen MR) is 241 cm³/mol. The number of anilines is 6. The first-order chi connectivity index (χ1) is 29.3. The molecule has 0 aliphatic carbocycles. The van der Waals surface area contributed by atoms with Crippen LogP contribution in [0.4, 0.5) is 34.1 Å². The molecule has 0 saturated heterocycles. The van der Waals surface area contributed by atoms with Gasteiger partial charge in [-0.05, 0) is 95.1 Å². The van der Waals surface area contributed by atoms with E-state index in [-0.39, 0.29) is 10.8 Å². The van der Waals surface area contributed by atoms with Crippen molar-refractivity contribution in [2.24, 2.45) is 0 Å². The first-order valence-corrected chi connectivity index (χ1v) is 20.4. The zero-order chi connectivity index (χ0) is 40.6. The second-order valence-corrected chi connectivity index (χ2v) is 16.7. The predicted octanol–water partition coefficient (Wildman–Crippen LogP) is 12.4. The Bertz CT molecular complexity index is 2740. The van der Waals surface area contributed by atoms with E-state index in [0.717, 1.165) is 45.3 Å². The van der Waals surface area contributed by atoms with Gasteiger partial charge in [-0.25, -0.2) is 9.36 Å². The third-order valence-corrected chi connectivity index (χ3v) is 12.5. The van der Waals surface area contributed by atoms with Gasteiger partial charge in [0.1, 0.15) is 11.4 Å². The number of rotatable bonds is 6. The molecule has 60 heavy (non-hydrogen) atoms. The van der Waals surface area contributed by atoms with Gasteiger partial charge >= 0.3 is 0 Å². The van der Waals surface area contributed by atoms with Gasteiger partial charge in [-0.2, -0.15) is 0 Å². The number of para-hydroxylation sites is 4. The third-order valence-electron chi connectivity index (χ3n) is 12.5. The van der Waals surface area contributed by atoms with Crippen molar-refractivity contribution in [1.82, 2.24) is 30.0 Å². The van der Waals surface area contributed by atoms with E-state index in [1.54, 1.807) is 9.36 Å². The Hall–Kier alpha value is -7.58. The minimum atomic E-state index is -0.0971. The molecule has 9 aromatic rings. The minimum Gasteiger partial charge on any atom is -0.310 e. The molecule has 2 aliphatic heterocycles. The monoisotopic (exact) mass is 778 g/mol. The van der Waals surface area contributed by atoms with Crippen LogP contribution in [0.1, 0.15) is 49.9 Å². The van der Waals surface area contributed by atoms with Gasteiger partial charge in [0, 0.05) is 33.3 Å². The lowest BCUT2D eigenvalue weighted by molar-refractivity contribution is 0.632. The highest BCUT2D eigenvalue weighted by molar-refractivity contribution is 5.87. The molecule has 0 saturated carbocycles. The van der Waals surface area contributed by atoms with E-state index in [1.807, 2.05) is 36.7 Å². The van der Waals surface area contributed by atoms with E-state index < -0.39 is 0 Å². The first-order valence-electron chi connectivity index (χ1n) is 20.4. The molecule has 2 aliphatic rings. The van der Waals surface area contributed by atoms with E-state index >= 15 is 0 Å². The van der Waals surface area contributed by atoms with Crippen LogP contribution in [0.25, 0.3) is 33.9 Å². The summed E-state index contributed by atoms with van der Waals surface area (Å²) in [6.07, 6.45) is 3.94. The summed E-state index contributed by atoms with van der Waals surface area (Å²) in [6.45, 7) is 9.23. The van der Waals surface area contributed by atoms with Crippen LogP contribution in [0.5, 0.6) is 0 Å². The summed E-state index contributed by atoms with van der Waals surface area (Å²) in [7, 11) is 0. The lowest BCUT2D eigenvalue weighted by atomic mass is 9.73. The largest absolute Gasteiger partial charge is 0.310 e. The van der Waals surface area contributed by atoms with Crippen molar-refractivity contribution in [1.29, 1.82) is 0 Å². The first kappa shape index (κ1) is 35.6. The number of nitrogens with zero attached hydrogens (tertiary/aromatic N) is 8. The topological polar surface area (TPSA) is 67.9 Å². The van der Waals surface area contributed by atoms with Crippen molar-refractivity contribution in [3.8, 4) is 33.9 Å². The summed E-state index contributed by atoms with van der Waals surface area (Å²) in [5.74, 6) is 0. The molecular formula is C52H42N8. The molecule has 8 heteroatoms. The summed E-state index contributed by atoms with van der Waals surface area (Å²) in [5.41, 5.74) is 17.5. The van der Waals surface area contributed by atoms with Crippen LogP contribution in [0.15, 0.2) is 182 Å². The Morgan fingerprint density at radius 2 is 0.617 bits per heavy atom. The van der Waals surface area contributed by atoms with Crippen LogP contribution in [0, 0.1) is 0 Å². The molecule has 0 N–H and O–H groups in total. The number of benzene rings is 7. The van der Waals surface area contributed by atoms with Gasteiger partial charge in [-0.15, -0.1) is 10.2 Å². The van der Waals surface area contributed by atoms with Crippen molar-refractivity contribution in [3.63, 3.8) is 0 Å². The third kappa shape index (κ3) is 5.59. The maximum absolute atomic E-state index is 4.55. The van der Waals surface area contributed by atoms with E-state index in [4.69, 9.17) is 0 Å². The standard InChI is InChI=1S/C52H42N8/c1-51(2)41-13-5-9-17-47(41)59(48-18-10-6-14-42(48)51)39-25-21-35(22-26-39)45-33-57(55-53-45)37-29-31-38(32-30-37)58-34-46(54-56-58)36-23-27-40(28-24-36)60-49-19-11-7-15-43(49)52(3,4)44-16-8-12-20-50(44)60/h5-34H,1-4H3. The van der Waals surface area contributed by atoms with Crippen LogP contribution in [-0.4, -0.2) is 30.0 Å². The van der Waals surface area contributed by atoms with Gasteiger partial charge in [-0.1, -0.05) is 135 Å².